The van der Waals surface area contributed by atoms with Gasteiger partial charge in [0.05, 0.1) is 7.11 Å². The van der Waals surface area contributed by atoms with Gasteiger partial charge in [-0.05, 0) is 31.5 Å². The summed E-state index contributed by atoms with van der Waals surface area (Å²) < 4.78 is 6.10. The van der Waals surface area contributed by atoms with Crippen LogP contribution < -0.4 is 4.74 Å². The maximum absolute atomic E-state index is 5.39. The van der Waals surface area contributed by atoms with E-state index in [0.29, 0.717) is 0 Å². The third-order valence-corrected chi connectivity index (χ3v) is 4.14. The molecule has 0 aromatic heterocycles. The van der Waals surface area contributed by atoms with E-state index < -0.39 is 0 Å². The Bertz CT molecular complexity index is 347. The second-order valence-corrected chi connectivity index (χ2v) is 5.18. The molecule has 2 nitrogen and oxygen atoms in total. The molecule has 0 atom stereocenters. The predicted molar refractivity (Wildman–Crippen MR) is 79.8 cm³/mol. The molecule has 4 heteroatoms. The van der Waals surface area contributed by atoms with Crippen LogP contribution in [0.25, 0.3) is 0 Å². The summed E-state index contributed by atoms with van der Waals surface area (Å²) in [5, 5.41) is 0. The Morgan fingerprint density at radius 2 is 1.82 bits per heavy atom. The number of thioether (sulfide) groups is 1. The Morgan fingerprint density at radius 3 is 2.29 bits per heavy atom. The fourth-order valence-corrected chi connectivity index (χ4v) is 2.80. The van der Waals surface area contributed by atoms with E-state index in [4.69, 9.17) is 17.0 Å². The molecule has 0 aliphatic carbocycles. The van der Waals surface area contributed by atoms with Crippen LogP contribution in [0.2, 0.25) is 0 Å². The first-order valence-electron chi connectivity index (χ1n) is 5.75. The van der Waals surface area contributed by atoms with E-state index in [1.807, 2.05) is 12.1 Å². The van der Waals surface area contributed by atoms with Gasteiger partial charge in [0.25, 0.3) is 0 Å². The molecule has 94 valence electrons. The number of methoxy groups -OCH3 is 1. The summed E-state index contributed by atoms with van der Waals surface area (Å²) in [6.07, 6.45) is 0. The number of hydrogen-bond acceptors (Lipinski definition) is 3. The topological polar surface area (TPSA) is 12.5 Å². The Kier molecular flexibility index (Phi) is 6.37. The summed E-state index contributed by atoms with van der Waals surface area (Å²) in [5.74, 6) is 1.81. The van der Waals surface area contributed by atoms with Gasteiger partial charge in [-0.15, -0.1) is 0 Å². The Balaban J connectivity index is 2.46. The molecule has 1 aromatic carbocycles. The minimum atomic E-state index is 0.894. The third-order valence-electron chi connectivity index (χ3n) is 2.54. The number of nitrogens with zero attached hydrogens (tertiary/aromatic N) is 1. The van der Waals surface area contributed by atoms with Gasteiger partial charge < -0.3 is 9.64 Å². The highest BCUT2D eigenvalue weighted by Gasteiger charge is 2.05. The SMILES string of the molecule is CCN(CC)C(=S)SCc1ccc(OC)cc1. The average Bonchev–Trinajstić information content (AvgIpc) is 2.38. The van der Waals surface area contributed by atoms with Crippen molar-refractivity contribution in [2.75, 3.05) is 20.2 Å². The largest absolute Gasteiger partial charge is 0.497 e. The molecule has 1 aromatic rings. The molecule has 0 radical (unpaired) electrons. The number of thiocarbonyl (C=S) groups is 1. The molecule has 0 aliphatic rings. The van der Waals surface area contributed by atoms with E-state index in [-0.39, 0.29) is 0 Å². The summed E-state index contributed by atoms with van der Waals surface area (Å²) in [6.45, 7) is 6.21. The van der Waals surface area contributed by atoms with Gasteiger partial charge in [0, 0.05) is 18.8 Å². The number of rotatable bonds is 5. The van der Waals surface area contributed by atoms with Crippen molar-refractivity contribution >= 4 is 28.3 Å². The summed E-state index contributed by atoms with van der Waals surface area (Å²) in [5.41, 5.74) is 1.27. The number of ether oxygens (including phenoxy) is 1. The molecular formula is C13H19NOS2. The van der Waals surface area contributed by atoms with Gasteiger partial charge in [0.15, 0.2) is 0 Å². The minimum absolute atomic E-state index is 0.894. The fraction of sp³-hybridized carbons (Fsp3) is 0.462. The molecule has 0 saturated heterocycles. The Labute approximate surface area is 113 Å². The summed E-state index contributed by atoms with van der Waals surface area (Å²) in [4.78, 5) is 2.20. The van der Waals surface area contributed by atoms with Crippen molar-refractivity contribution in [2.24, 2.45) is 0 Å². The van der Waals surface area contributed by atoms with Crippen LogP contribution in [-0.2, 0) is 5.75 Å². The molecule has 0 N–H and O–H groups in total. The van der Waals surface area contributed by atoms with Crippen molar-refractivity contribution in [1.29, 1.82) is 0 Å². The van der Waals surface area contributed by atoms with Gasteiger partial charge in [-0.2, -0.15) is 0 Å². The first kappa shape index (κ1) is 14.3. The van der Waals surface area contributed by atoms with Gasteiger partial charge in [-0.3, -0.25) is 0 Å². The lowest BCUT2D eigenvalue weighted by Crippen LogP contribution is -2.26. The van der Waals surface area contributed by atoms with E-state index in [1.165, 1.54) is 5.56 Å². The van der Waals surface area contributed by atoms with Crippen molar-refractivity contribution in [3.8, 4) is 5.75 Å². The number of benzene rings is 1. The first-order valence-corrected chi connectivity index (χ1v) is 7.15. The van der Waals surface area contributed by atoms with Crippen molar-refractivity contribution in [3.63, 3.8) is 0 Å². The standard InChI is InChI=1S/C13H19NOS2/c1-4-14(5-2)13(16)17-10-11-6-8-12(15-3)9-7-11/h6-9H,4-5,10H2,1-3H3. The maximum atomic E-state index is 5.39. The van der Waals surface area contributed by atoms with Crippen LogP contribution in [0.5, 0.6) is 5.75 Å². The Hall–Kier alpha value is -0.740. The zero-order valence-electron chi connectivity index (χ0n) is 10.6. The van der Waals surface area contributed by atoms with Crippen LogP contribution in [0.3, 0.4) is 0 Å². The third kappa shape index (κ3) is 4.56. The molecule has 0 heterocycles. The van der Waals surface area contributed by atoms with E-state index in [0.717, 1.165) is 28.9 Å². The zero-order chi connectivity index (χ0) is 12.7. The van der Waals surface area contributed by atoms with E-state index in [9.17, 15) is 0 Å². The van der Waals surface area contributed by atoms with Crippen molar-refractivity contribution in [1.82, 2.24) is 4.90 Å². The molecule has 1 rings (SSSR count). The quantitative estimate of drug-likeness (QED) is 0.757. The minimum Gasteiger partial charge on any atom is -0.497 e. The monoisotopic (exact) mass is 269 g/mol. The van der Waals surface area contributed by atoms with Crippen LogP contribution in [0.15, 0.2) is 24.3 Å². The summed E-state index contributed by atoms with van der Waals surface area (Å²) >= 11 is 7.10. The van der Waals surface area contributed by atoms with Crippen molar-refractivity contribution in [2.45, 2.75) is 19.6 Å². The molecule has 17 heavy (non-hydrogen) atoms. The highest BCUT2D eigenvalue weighted by atomic mass is 32.2. The van der Waals surface area contributed by atoms with Crippen molar-refractivity contribution < 1.29 is 4.74 Å². The molecule has 0 aliphatic heterocycles. The molecule has 0 amide bonds. The second-order valence-electron chi connectivity index (χ2n) is 3.57. The normalized spacial score (nSPS) is 10.1. The average molecular weight is 269 g/mol. The van der Waals surface area contributed by atoms with Gasteiger partial charge >= 0.3 is 0 Å². The van der Waals surface area contributed by atoms with Gasteiger partial charge in [0.1, 0.15) is 10.1 Å². The smallest absolute Gasteiger partial charge is 0.136 e. The molecule has 0 spiro atoms. The zero-order valence-corrected chi connectivity index (χ0v) is 12.2. The van der Waals surface area contributed by atoms with Crippen LogP contribution in [-0.4, -0.2) is 29.4 Å². The molecule has 0 fully saturated rings. The van der Waals surface area contributed by atoms with E-state index in [2.05, 4.69) is 30.9 Å². The van der Waals surface area contributed by atoms with Crippen LogP contribution in [0, 0.1) is 0 Å². The highest BCUT2D eigenvalue weighted by Crippen LogP contribution is 2.19. The van der Waals surface area contributed by atoms with E-state index in [1.54, 1.807) is 18.9 Å². The van der Waals surface area contributed by atoms with Crippen LogP contribution in [0.1, 0.15) is 19.4 Å². The lowest BCUT2D eigenvalue weighted by atomic mass is 10.2. The molecule has 0 saturated carbocycles. The summed E-state index contributed by atoms with van der Waals surface area (Å²) in [6, 6.07) is 8.13. The lowest BCUT2D eigenvalue weighted by molar-refractivity contribution is 0.414. The Morgan fingerprint density at radius 1 is 1.24 bits per heavy atom. The van der Waals surface area contributed by atoms with E-state index >= 15 is 0 Å². The van der Waals surface area contributed by atoms with Crippen LogP contribution >= 0.6 is 24.0 Å². The van der Waals surface area contributed by atoms with Gasteiger partial charge in [0.2, 0.25) is 0 Å². The molecule has 0 bridgehead atoms. The maximum Gasteiger partial charge on any atom is 0.136 e. The van der Waals surface area contributed by atoms with Crippen molar-refractivity contribution in [3.05, 3.63) is 29.8 Å². The lowest BCUT2D eigenvalue weighted by Gasteiger charge is -2.20. The first-order chi connectivity index (χ1) is 8.21. The second kappa shape index (κ2) is 7.56. The van der Waals surface area contributed by atoms with Gasteiger partial charge in [-0.1, -0.05) is 36.1 Å². The summed E-state index contributed by atoms with van der Waals surface area (Å²) in [7, 11) is 1.68. The number of hydrogen-bond donors (Lipinski definition) is 0. The molecule has 0 unspecified atom stereocenters. The highest BCUT2D eigenvalue weighted by molar-refractivity contribution is 8.22. The predicted octanol–water partition coefficient (Wildman–Crippen LogP) is 3.56. The van der Waals surface area contributed by atoms with Gasteiger partial charge in [-0.25, -0.2) is 0 Å². The molecular weight excluding hydrogens is 250 g/mol. The fourth-order valence-electron chi connectivity index (χ4n) is 1.44. The van der Waals surface area contributed by atoms with Crippen LogP contribution in [0.4, 0.5) is 0 Å².